The van der Waals surface area contributed by atoms with Crippen LogP contribution in [0.4, 0.5) is 5.69 Å². The molecule has 0 aliphatic carbocycles. The molecular formula is C20H24BrN. The first kappa shape index (κ1) is 15.6. The molecule has 1 aliphatic rings. The third-order valence-corrected chi connectivity index (χ3v) is 5.21. The summed E-state index contributed by atoms with van der Waals surface area (Å²) < 4.78 is 1.20. The molecule has 1 aliphatic heterocycles. The van der Waals surface area contributed by atoms with Crippen LogP contribution in [0.25, 0.3) is 0 Å². The topological polar surface area (TPSA) is 12.0 Å². The highest BCUT2D eigenvalue weighted by Gasteiger charge is 2.31. The molecule has 22 heavy (non-hydrogen) atoms. The minimum absolute atomic E-state index is 0.293. The number of nitrogens with one attached hydrogen (secondary N) is 1. The normalized spacial score (nSPS) is 17.7. The van der Waals surface area contributed by atoms with Crippen molar-refractivity contribution in [3.63, 3.8) is 0 Å². The molecule has 0 radical (unpaired) electrons. The van der Waals surface area contributed by atoms with Crippen molar-refractivity contribution in [2.24, 2.45) is 5.41 Å². The molecule has 1 nitrogen and oxygen atoms in total. The molecular weight excluding hydrogens is 334 g/mol. The summed E-state index contributed by atoms with van der Waals surface area (Å²) in [6.45, 7) is 8.12. The Hall–Kier alpha value is -1.28. The third kappa shape index (κ3) is 3.22. The van der Waals surface area contributed by atoms with Gasteiger partial charge in [-0.25, -0.2) is 0 Å². The minimum atomic E-state index is 0.293. The van der Waals surface area contributed by atoms with Crippen LogP contribution in [0.15, 0.2) is 46.9 Å². The van der Waals surface area contributed by atoms with Crippen LogP contribution in [0.3, 0.4) is 0 Å². The Kier molecular flexibility index (Phi) is 4.31. The molecule has 1 unspecified atom stereocenters. The van der Waals surface area contributed by atoms with Gasteiger partial charge in [0.15, 0.2) is 0 Å². The van der Waals surface area contributed by atoms with Crippen molar-refractivity contribution < 1.29 is 0 Å². The van der Waals surface area contributed by atoms with E-state index >= 15 is 0 Å². The fraction of sp³-hybridized carbons (Fsp3) is 0.400. The molecule has 0 spiro atoms. The van der Waals surface area contributed by atoms with E-state index in [1.54, 1.807) is 0 Å². The summed E-state index contributed by atoms with van der Waals surface area (Å²) in [7, 11) is 0. The Balaban J connectivity index is 2.00. The molecule has 0 bridgehead atoms. The monoisotopic (exact) mass is 357 g/mol. The molecule has 0 saturated carbocycles. The van der Waals surface area contributed by atoms with E-state index in [9.17, 15) is 0 Å². The molecule has 0 saturated heterocycles. The van der Waals surface area contributed by atoms with Crippen LogP contribution in [-0.4, -0.2) is 6.54 Å². The van der Waals surface area contributed by atoms with Gasteiger partial charge in [0, 0.05) is 11.0 Å². The molecule has 0 aromatic heterocycles. The quantitative estimate of drug-likeness (QED) is 0.696. The SMILES string of the molecule is CC(C)(C)C1CCNc2c(Br)cc(Cc3ccccc3)cc21. The van der Waals surface area contributed by atoms with E-state index in [0.29, 0.717) is 11.3 Å². The molecule has 2 aromatic rings. The lowest BCUT2D eigenvalue weighted by molar-refractivity contribution is 0.305. The Morgan fingerprint density at radius 2 is 1.82 bits per heavy atom. The number of hydrogen-bond donors (Lipinski definition) is 1. The summed E-state index contributed by atoms with van der Waals surface area (Å²) in [5, 5.41) is 3.58. The minimum Gasteiger partial charge on any atom is -0.384 e. The average molecular weight is 358 g/mol. The fourth-order valence-electron chi connectivity index (χ4n) is 3.48. The van der Waals surface area contributed by atoms with Gasteiger partial charge in [0.25, 0.3) is 0 Å². The maximum atomic E-state index is 3.78. The van der Waals surface area contributed by atoms with E-state index in [0.717, 1.165) is 13.0 Å². The smallest absolute Gasteiger partial charge is 0.0520 e. The third-order valence-electron chi connectivity index (χ3n) is 4.59. The van der Waals surface area contributed by atoms with Gasteiger partial charge in [-0.1, -0.05) is 57.2 Å². The lowest BCUT2D eigenvalue weighted by atomic mass is 9.72. The number of anilines is 1. The molecule has 1 atom stereocenters. The van der Waals surface area contributed by atoms with Crippen molar-refractivity contribution in [2.75, 3.05) is 11.9 Å². The van der Waals surface area contributed by atoms with Crippen LogP contribution in [0.5, 0.6) is 0 Å². The van der Waals surface area contributed by atoms with Gasteiger partial charge >= 0.3 is 0 Å². The lowest BCUT2D eigenvalue weighted by Crippen LogP contribution is -2.27. The summed E-state index contributed by atoms with van der Waals surface area (Å²) in [5.41, 5.74) is 5.81. The van der Waals surface area contributed by atoms with Gasteiger partial charge in [-0.15, -0.1) is 0 Å². The zero-order valence-corrected chi connectivity index (χ0v) is 15.2. The van der Waals surface area contributed by atoms with Gasteiger partial charge < -0.3 is 5.32 Å². The molecule has 3 rings (SSSR count). The second-order valence-electron chi connectivity index (χ2n) is 7.34. The largest absolute Gasteiger partial charge is 0.384 e. The second-order valence-corrected chi connectivity index (χ2v) is 8.19. The highest BCUT2D eigenvalue weighted by Crippen LogP contribution is 2.46. The zero-order chi connectivity index (χ0) is 15.7. The van der Waals surface area contributed by atoms with Crippen LogP contribution >= 0.6 is 15.9 Å². The summed E-state index contributed by atoms with van der Waals surface area (Å²) in [6.07, 6.45) is 2.20. The summed E-state index contributed by atoms with van der Waals surface area (Å²) >= 11 is 3.78. The second kappa shape index (κ2) is 6.08. The maximum Gasteiger partial charge on any atom is 0.0520 e. The van der Waals surface area contributed by atoms with E-state index < -0.39 is 0 Å². The molecule has 0 amide bonds. The predicted octanol–water partition coefficient (Wildman–Crippen LogP) is 5.99. The van der Waals surface area contributed by atoms with Crippen LogP contribution in [-0.2, 0) is 6.42 Å². The van der Waals surface area contributed by atoms with Crippen molar-refractivity contribution in [1.82, 2.24) is 0 Å². The Labute approximate surface area is 142 Å². The first-order valence-electron chi connectivity index (χ1n) is 8.05. The van der Waals surface area contributed by atoms with Gasteiger partial charge in [0.1, 0.15) is 0 Å². The van der Waals surface area contributed by atoms with Gasteiger partial charge in [-0.05, 0) is 62.9 Å². The highest BCUT2D eigenvalue weighted by atomic mass is 79.9. The molecule has 2 heteroatoms. The summed E-state index contributed by atoms with van der Waals surface area (Å²) in [4.78, 5) is 0. The first-order chi connectivity index (χ1) is 10.4. The van der Waals surface area contributed by atoms with E-state index in [1.165, 1.54) is 33.3 Å². The number of benzene rings is 2. The van der Waals surface area contributed by atoms with E-state index in [1.807, 2.05) is 0 Å². The van der Waals surface area contributed by atoms with Crippen LogP contribution in [0, 0.1) is 5.41 Å². The predicted molar refractivity (Wildman–Crippen MR) is 98.7 cm³/mol. The molecule has 2 aromatic carbocycles. The Morgan fingerprint density at radius 3 is 2.50 bits per heavy atom. The van der Waals surface area contributed by atoms with Crippen molar-refractivity contribution in [3.05, 3.63) is 63.6 Å². The number of fused-ring (bicyclic) bond motifs is 1. The number of halogens is 1. The van der Waals surface area contributed by atoms with Crippen molar-refractivity contribution in [1.29, 1.82) is 0 Å². The number of rotatable bonds is 2. The van der Waals surface area contributed by atoms with Crippen molar-refractivity contribution in [2.45, 2.75) is 39.5 Å². The highest BCUT2D eigenvalue weighted by molar-refractivity contribution is 9.10. The number of hydrogen-bond acceptors (Lipinski definition) is 1. The Morgan fingerprint density at radius 1 is 1.09 bits per heavy atom. The van der Waals surface area contributed by atoms with E-state index in [2.05, 4.69) is 84.5 Å². The summed E-state index contributed by atoms with van der Waals surface area (Å²) in [6, 6.07) is 15.4. The first-order valence-corrected chi connectivity index (χ1v) is 8.84. The molecule has 1 N–H and O–H groups in total. The molecule has 1 heterocycles. The summed E-state index contributed by atoms with van der Waals surface area (Å²) in [5.74, 6) is 0.607. The van der Waals surface area contributed by atoms with Crippen LogP contribution in [0.1, 0.15) is 49.8 Å². The van der Waals surface area contributed by atoms with Crippen LogP contribution in [0.2, 0.25) is 0 Å². The fourth-order valence-corrected chi connectivity index (χ4v) is 4.14. The zero-order valence-electron chi connectivity index (χ0n) is 13.6. The standard InChI is InChI=1S/C20H24BrN/c1-20(2,3)17-9-10-22-19-16(17)12-15(13-18(19)21)11-14-7-5-4-6-8-14/h4-8,12-13,17,22H,9-11H2,1-3H3. The van der Waals surface area contributed by atoms with Gasteiger partial charge in [-0.3, -0.25) is 0 Å². The lowest BCUT2D eigenvalue weighted by Gasteiger charge is -2.37. The average Bonchev–Trinajstić information content (AvgIpc) is 2.47. The molecule has 116 valence electrons. The van der Waals surface area contributed by atoms with Crippen LogP contribution < -0.4 is 5.32 Å². The van der Waals surface area contributed by atoms with Gasteiger partial charge in [0.2, 0.25) is 0 Å². The van der Waals surface area contributed by atoms with E-state index in [4.69, 9.17) is 0 Å². The van der Waals surface area contributed by atoms with E-state index in [-0.39, 0.29) is 0 Å². The Bertz CT molecular complexity index is 655. The van der Waals surface area contributed by atoms with Gasteiger partial charge in [0.05, 0.1) is 5.69 Å². The van der Waals surface area contributed by atoms with Crippen molar-refractivity contribution in [3.8, 4) is 0 Å². The van der Waals surface area contributed by atoms with Gasteiger partial charge in [-0.2, -0.15) is 0 Å². The molecule has 0 fully saturated rings. The van der Waals surface area contributed by atoms with Crippen molar-refractivity contribution >= 4 is 21.6 Å². The maximum absolute atomic E-state index is 3.78.